The van der Waals surface area contributed by atoms with Gasteiger partial charge in [0.1, 0.15) is 0 Å². The van der Waals surface area contributed by atoms with Crippen LogP contribution in [0, 0.1) is 0 Å². The molecule has 1 aromatic carbocycles. The van der Waals surface area contributed by atoms with E-state index in [-0.39, 0.29) is 6.10 Å². The van der Waals surface area contributed by atoms with Crippen LogP contribution in [0.15, 0.2) is 35.3 Å². The molecule has 6 heteroatoms. The Morgan fingerprint density at radius 3 is 2.75 bits per heavy atom. The Morgan fingerprint density at radius 1 is 1.21 bits per heavy atom. The molecule has 2 fully saturated rings. The first-order valence-corrected chi connectivity index (χ1v) is 10.9. The molecule has 156 valence electrons. The van der Waals surface area contributed by atoms with Gasteiger partial charge in [-0.05, 0) is 51.3 Å². The van der Waals surface area contributed by atoms with Crippen LogP contribution in [0.5, 0.6) is 0 Å². The fourth-order valence-electron chi connectivity index (χ4n) is 3.91. The molecule has 2 aliphatic heterocycles. The van der Waals surface area contributed by atoms with Crippen molar-refractivity contribution in [1.29, 1.82) is 0 Å². The Bertz CT molecular complexity index is 569. The average molecular weight is 389 g/mol. The van der Waals surface area contributed by atoms with Gasteiger partial charge in [-0.1, -0.05) is 30.3 Å². The predicted molar refractivity (Wildman–Crippen MR) is 114 cm³/mol. The number of guanidine groups is 1. The molecule has 2 heterocycles. The van der Waals surface area contributed by atoms with Crippen LogP contribution in [0.25, 0.3) is 0 Å². The van der Waals surface area contributed by atoms with Gasteiger partial charge in [0.25, 0.3) is 0 Å². The number of hydrogen-bond donors (Lipinski definition) is 2. The van der Waals surface area contributed by atoms with Crippen LogP contribution in [-0.4, -0.2) is 69.5 Å². The van der Waals surface area contributed by atoms with Crippen LogP contribution < -0.4 is 10.6 Å². The Hall–Kier alpha value is -1.63. The molecule has 6 nitrogen and oxygen atoms in total. The molecule has 3 rings (SSSR count). The highest BCUT2D eigenvalue weighted by molar-refractivity contribution is 5.79. The maximum atomic E-state index is 5.74. The van der Waals surface area contributed by atoms with Crippen molar-refractivity contribution in [3.8, 4) is 0 Å². The number of hydrogen-bond acceptors (Lipinski definition) is 4. The number of nitrogens with one attached hydrogen (secondary N) is 2. The van der Waals surface area contributed by atoms with Crippen molar-refractivity contribution in [3.05, 3.63) is 35.9 Å². The van der Waals surface area contributed by atoms with Crippen molar-refractivity contribution in [2.24, 2.45) is 4.99 Å². The molecule has 2 unspecified atom stereocenters. The number of rotatable bonds is 10. The maximum Gasteiger partial charge on any atom is 0.191 e. The van der Waals surface area contributed by atoms with E-state index < -0.39 is 0 Å². The molecule has 0 spiro atoms. The largest absolute Gasteiger partial charge is 0.377 e. The summed E-state index contributed by atoms with van der Waals surface area (Å²) in [5, 5.41) is 6.75. The minimum absolute atomic E-state index is 0.286. The minimum atomic E-state index is 0.286. The number of ether oxygens (including phenoxy) is 2. The molecule has 2 saturated heterocycles. The Morgan fingerprint density at radius 2 is 2.04 bits per heavy atom. The molecule has 2 atom stereocenters. The molecule has 0 saturated carbocycles. The molecule has 2 N–H and O–H groups in total. The van der Waals surface area contributed by atoms with Gasteiger partial charge in [0.2, 0.25) is 0 Å². The third kappa shape index (κ3) is 6.76. The summed E-state index contributed by atoms with van der Waals surface area (Å²) in [5.41, 5.74) is 1.35. The summed E-state index contributed by atoms with van der Waals surface area (Å²) in [5.74, 6) is 0.864. The molecular weight excluding hydrogens is 352 g/mol. The van der Waals surface area contributed by atoms with Gasteiger partial charge < -0.3 is 20.1 Å². The predicted octanol–water partition coefficient (Wildman–Crippen LogP) is 2.57. The van der Waals surface area contributed by atoms with Gasteiger partial charge in [0, 0.05) is 19.7 Å². The van der Waals surface area contributed by atoms with Gasteiger partial charge >= 0.3 is 0 Å². The lowest BCUT2D eigenvalue weighted by Crippen LogP contribution is -2.40. The second-order valence-electron chi connectivity index (χ2n) is 7.53. The molecule has 0 amide bonds. The molecule has 0 aromatic heterocycles. The Balaban J connectivity index is 1.49. The number of nitrogens with zero attached hydrogens (tertiary/aromatic N) is 2. The van der Waals surface area contributed by atoms with Crippen molar-refractivity contribution in [2.75, 3.05) is 52.5 Å². The normalized spacial score (nSPS) is 21.8. The summed E-state index contributed by atoms with van der Waals surface area (Å²) >= 11 is 0. The first kappa shape index (κ1) is 21.1. The smallest absolute Gasteiger partial charge is 0.191 e. The fourth-order valence-corrected chi connectivity index (χ4v) is 3.91. The van der Waals surface area contributed by atoms with Gasteiger partial charge in [-0.3, -0.25) is 9.89 Å². The highest BCUT2D eigenvalue weighted by atomic mass is 16.5. The van der Waals surface area contributed by atoms with Crippen LogP contribution in [0.2, 0.25) is 0 Å². The van der Waals surface area contributed by atoms with E-state index in [4.69, 9.17) is 14.5 Å². The average Bonchev–Trinajstić information content (AvgIpc) is 3.43. The minimum Gasteiger partial charge on any atom is -0.377 e. The van der Waals surface area contributed by atoms with E-state index in [2.05, 4.69) is 52.8 Å². The van der Waals surface area contributed by atoms with Gasteiger partial charge in [0.05, 0.1) is 31.9 Å². The summed E-state index contributed by atoms with van der Waals surface area (Å²) in [4.78, 5) is 7.44. The highest BCUT2D eigenvalue weighted by Gasteiger charge is 2.23. The molecule has 0 bridgehead atoms. The topological polar surface area (TPSA) is 58.1 Å². The number of benzene rings is 1. The zero-order chi connectivity index (χ0) is 19.4. The Kier molecular flexibility index (Phi) is 9.07. The van der Waals surface area contributed by atoms with E-state index in [9.17, 15) is 0 Å². The van der Waals surface area contributed by atoms with E-state index >= 15 is 0 Å². The van der Waals surface area contributed by atoms with Gasteiger partial charge in [-0.15, -0.1) is 0 Å². The third-order valence-electron chi connectivity index (χ3n) is 5.40. The van der Waals surface area contributed by atoms with Crippen LogP contribution in [0.3, 0.4) is 0 Å². The first-order chi connectivity index (χ1) is 13.9. The zero-order valence-electron chi connectivity index (χ0n) is 17.2. The van der Waals surface area contributed by atoms with Crippen molar-refractivity contribution >= 4 is 5.96 Å². The number of likely N-dealkylation sites (tertiary alicyclic amines) is 1. The van der Waals surface area contributed by atoms with Crippen LogP contribution in [0.4, 0.5) is 0 Å². The lowest BCUT2D eigenvalue weighted by atomic mass is 10.1. The summed E-state index contributed by atoms with van der Waals surface area (Å²) in [6, 6.07) is 11.1. The van der Waals surface area contributed by atoms with Crippen molar-refractivity contribution in [1.82, 2.24) is 15.5 Å². The SMILES string of the molecule is CCNC(=NCC(c1ccccc1)N1CCCC1)NCCOCC1CCCO1. The van der Waals surface area contributed by atoms with Crippen LogP contribution in [0.1, 0.15) is 44.2 Å². The molecule has 0 radical (unpaired) electrons. The standard InChI is InChI=1S/C22H36N4O2/c1-2-23-22(24-12-16-27-18-20-11-8-15-28-20)25-17-21(26-13-6-7-14-26)19-9-4-3-5-10-19/h3-5,9-10,20-21H,2,6-8,11-18H2,1H3,(H2,23,24,25). The van der Waals surface area contributed by atoms with Gasteiger partial charge in [-0.25, -0.2) is 0 Å². The van der Waals surface area contributed by atoms with Crippen molar-refractivity contribution in [3.63, 3.8) is 0 Å². The van der Waals surface area contributed by atoms with Crippen molar-refractivity contribution in [2.45, 2.75) is 44.8 Å². The van der Waals surface area contributed by atoms with Crippen LogP contribution in [-0.2, 0) is 9.47 Å². The molecule has 2 aliphatic rings. The summed E-state index contributed by atoms with van der Waals surface area (Å²) in [6.07, 6.45) is 5.13. The lowest BCUT2D eigenvalue weighted by molar-refractivity contribution is 0.0191. The fraction of sp³-hybridized carbons (Fsp3) is 0.682. The third-order valence-corrected chi connectivity index (χ3v) is 5.40. The van der Waals surface area contributed by atoms with Gasteiger partial charge in [0.15, 0.2) is 5.96 Å². The quantitative estimate of drug-likeness (QED) is 0.367. The van der Waals surface area contributed by atoms with E-state index in [1.165, 1.54) is 18.4 Å². The second-order valence-corrected chi connectivity index (χ2v) is 7.53. The molecule has 0 aliphatic carbocycles. The monoisotopic (exact) mass is 388 g/mol. The Labute approximate surface area is 169 Å². The van der Waals surface area contributed by atoms with Crippen molar-refractivity contribution < 1.29 is 9.47 Å². The van der Waals surface area contributed by atoms with E-state index in [0.29, 0.717) is 19.3 Å². The number of aliphatic imine (C=N–C) groups is 1. The molecule has 1 aromatic rings. The summed E-state index contributed by atoms with van der Waals surface area (Å²) in [7, 11) is 0. The molecular formula is C22H36N4O2. The second kappa shape index (κ2) is 12.0. The van der Waals surface area contributed by atoms with Gasteiger partial charge in [-0.2, -0.15) is 0 Å². The molecule has 28 heavy (non-hydrogen) atoms. The summed E-state index contributed by atoms with van der Waals surface area (Å²) < 4.78 is 11.3. The highest BCUT2D eigenvalue weighted by Crippen LogP contribution is 2.25. The van der Waals surface area contributed by atoms with E-state index in [1.807, 2.05) is 0 Å². The van der Waals surface area contributed by atoms with Crippen LogP contribution >= 0.6 is 0 Å². The zero-order valence-corrected chi connectivity index (χ0v) is 17.2. The summed E-state index contributed by atoms with van der Waals surface area (Å²) in [6.45, 7) is 9.02. The first-order valence-electron chi connectivity index (χ1n) is 10.9. The maximum absolute atomic E-state index is 5.74. The lowest BCUT2D eigenvalue weighted by Gasteiger charge is -2.27. The van der Waals surface area contributed by atoms with E-state index in [0.717, 1.165) is 58.1 Å². The van der Waals surface area contributed by atoms with E-state index in [1.54, 1.807) is 0 Å².